The van der Waals surface area contributed by atoms with E-state index in [4.69, 9.17) is 16.0 Å². The molecule has 1 amide bonds. The highest BCUT2D eigenvalue weighted by Gasteiger charge is 2.45. The molecule has 4 nitrogen and oxygen atoms in total. The molecule has 1 saturated carbocycles. The van der Waals surface area contributed by atoms with Crippen LogP contribution in [-0.4, -0.2) is 15.8 Å². The van der Waals surface area contributed by atoms with Crippen LogP contribution in [0, 0.1) is 0 Å². The largest absolute Gasteiger partial charge is 0.467 e. The molecule has 0 radical (unpaired) electrons. The van der Waals surface area contributed by atoms with Crippen molar-refractivity contribution in [3.63, 3.8) is 0 Å². The zero-order valence-corrected chi connectivity index (χ0v) is 16.4. The van der Waals surface area contributed by atoms with Gasteiger partial charge in [0.2, 0.25) is 5.91 Å². The Kier molecular flexibility index (Phi) is 5.49. The summed E-state index contributed by atoms with van der Waals surface area (Å²) in [5, 5.41) is 0.685. The van der Waals surface area contributed by atoms with Crippen molar-refractivity contribution in [2.75, 3.05) is 0 Å². The number of amides is 1. The van der Waals surface area contributed by atoms with Gasteiger partial charge in [0, 0.05) is 11.2 Å². The second-order valence-corrected chi connectivity index (χ2v) is 7.79. The van der Waals surface area contributed by atoms with E-state index in [2.05, 4.69) is 4.98 Å². The normalized spacial score (nSPS) is 15.5. The van der Waals surface area contributed by atoms with Gasteiger partial charge < -0.3 is 9.32 Å². The van der Waals surface area contributed by atoms with Crippen molar-refractivity contribution >= 4 is 17.5 Å². The van der Waals surface area contributed by atoms with Crippen molar-refractivity contribution in [2.24, 2.45) is 0 Å². The molecule has 1 aliphatic rings. The van der Waals surface area contributed by atoms with E-state index in [9.17, 15) is 4.79 Å². The van der Waals surface area contributed by atoms with Crippen molar-refractivity contribution < 1.29 is 9.21 Å². The molecule has 1 fully saturated rings. The fourth-order valence-electron chi connectivity index (χ4n) is 4.15. The Morgan fingerprint density at radius 3 is 2.46 bits per heavy atom. The first-order chi connectivity index (χ1) is 13.7. The molecule has 144 valence electrons. The maximum absolute atomic E-state index is 13.9. The summed E-state index contributed by atoms with van der Waals surface area (Å²) in [4.78, 5) is 20.2. The van der Waals surface area contributed by atoms with E-state index >= 15 is 0 Å². The van der Waals surface area contributed by atoms with E-state index in [-0.39, 0.29) is 5.91 Å². The summed E-state index contributed by atoms with van der Waals surface area (Å²) in [6, 6.07) is 17.3. The Hall–Kier alpha value is -2.59. The van der Waals surface area contributed by atoms with Crippen molar-refractivity contribution in [3.05, 3.63) is 89.1 Å². The molecular formula is C23H23ClN2O2. The van der Waals surface area contributed by atoms with Crippen LogP contribution in [0.3, 0.4) is 0 Å². The van der Waals surface area contributed by atoms with Crippen LogP contribution in [0.1, 0.15) is 42.7 Å². The SMILES string of the molecule is O=C(N(Cc1ccccn1)Cc1ccco1)C1(c2ccc(Cl)cc2)CCCC1. The van der Waals surface area contributed by atoms with E-state index in [1.165, 1.54) is 0 Å². The monoisotopic (exact) mass is 394 g/mol. The Balaban J connectivity index is 1.68. The highest BCUT2D eigenvalue weighted by atomic mass is 35.5. The summed E-state index contributed by atoms with van der Waals surface area (Å²) in [6.45, 7) is 0.882. The van der Waals surface area contributed by atoms with Gasteiger partial charge in [-0.25, -0.2) is 0 Å². The van der Waals surface area contributed by atoms with Crippen LogP contribution in [0.15, 0.2) is 71.5 Å². The second-order valence-electron chi connectivity index (χ2n) is 7.36. The second kappa shape index (κ2) is 8.19. The number of halogens is 1. The number of pyridine rings is 1. The van der Waals surface area contributed by atoms with Gasteiger partial charge in [-0.05, 0) is 54.8 Å². The lowest BCUT2D eigenvalue weighted by molar-refractivity contribution is -0.139. The van der Waals surface area contributed by atoms with E-state index < -0.39 is 5.41 Å². The van der Waals surface area contributed by atoms with Gasteiger partial charge in [-0.1, -0.05) is 42.6 Å². The quantitative estimate of drug-likeness (QED) is 0.564. The van der Waals surface area contributed by atoms with Gasteiger partial charge in [-0.3, -0.25) is 9.78 Å². The predicted octanol–water partition coefficient (Wildman–Crippen LogP) is 5.37. The number of aromatic nitrogens is 1. The summed E-state index contributed by atoms with van der Waals surface area (Å²) in [5.74, 6) is 0.905. The molecule has 3 aromatic rings. The number of furan rings is 1. The molecular weight excluding hydrogens is 372 g/mol. The van der Waals surface area contributed by atoms with Gasteiger partial charge in [0.15, 0.2) is 0 Å². The van der Waals surface area contributed by atoms with Crippen LogP contribution >= 0.6 is 11.6 Å². The molecule has 0 spiro atoms. The average molecular weight is 395 g/mol. The van der Waals surface area contributed by atoms with Crippen LogP contribution < -0.4 is 0 Å². The summed E-state index contributed by atoms with van der Waals surface area (Å²) < 4.78 is 5.54. The predicted molar refractivity (Wildman–Crippen MR) is 109 cm³/mol. The van der Waals surface area contributed by atoms with Crippen LogP contribution in [0.2, 0.25) is 5.02 Å². The van der Waals surface area contributed by atoms with E-state index in [0.717, 1.165) is 42.7 Å². The summed E-state index contributed by atoms with van der Waals surface area (Å²) in [5.41, 5.74) is 1.41. The standard InChI is InChI=1S/C23H23ClN2O2/c24-19-10-8-18(9-11-19)23(12-2-3-13-23)22(27)26(17-21-7-5-15-28-21)16-20-6-1-4-14-25-20/h1,4-11,14-15H,2-3,12-13,16-17H2. The van der Waals surface area contributed by atoms with Crippen LogP contribution in [0.25, 0.3) is 0 Å². The van der Waals surface area contributed by atoms with Gasteiger partial charge >= 0.3 is 0 Å². The lowest BCUT2D eigenvalue weighted by Gasteiger charge is -2.34. The molecule has 0 saturated heterocycles. The zero-order valence-electron chi connectivity index (χ0n) is 15.7. The number of benzene rings is 1. The van der Waals surface area contributed by atoms with Crippen LogP contribution in [0.5, 0.6) is 0 Å². The Bertz CT molecular complexity index is 902. The molecule has 1 aliphatic carbocycles. The van der Waals surface area contributed by atoms with E-state index in [0.29, 0.717) is 18.1 Å². The number of carbonyl (C=O) groups is 1. The average Bonchev–Trinajstić information content (AvgIpc) is 3.41. The topological polar surface area (TPSA) is 46.3 Å². The number of hydrogen-bond acceptors (Lipinski definition) is 3. The molecule has 0 atom stereocenters. The fraction of sp³-hybridized carbons (Fsp3) is 0.304. The maximum Gasteiger partial charge on any atom is 0.233 e. The van der Waals surface area contributed by atoms with Crippen LogP contribution in [-0.2, 0) is 23.3 Å². The van der Waals surface area contributed by atoms with Gasteiger partial charge in [0.25, 0.3) is 0 Å². The molecule has 0 bridgehead atoms. The Labute approximate surface area is 170 Å². The van der Waals surface area contributed by atoms with Gasteiger partial charge in [0.1, 0.15) is 5.76 Å². The third kappa shape index (κ3) is 3.83. The third-order valence-corrected chi connectivity index (χ3v) is 5.81. The molecule has 0 unspecified atom stereocenters. The molecule has 0 aliphatic heterocycles. The molecule has 2 aromatic heterocycles. The van der Waals surface area contributed by atoms with E-state index in [1.54, 1.807) is 12.5 Å². The molecule has 4 rings (SSSR count). The minimum atomic E-state index is -0.508. The lowest BCUT2D eigenvalue weighted by Crippen LogP contribution is -2.45. The number of hydrogen-bond donors (Lipinski definition) is 0. The first-order valence-electron chi connectivity index (χ1n) is 9.65. The Morgan fingerprint density at radius 2 is 1.82 bits per heavy atom. The molecule has 0 N–H and O–H groups in total. The van der Waals surface area contributed by atoms with Crippen molar-refractivity contribution in [1.82, 2.24) is 9.88 Å². The smallest absolute Gasteiger partial charge is 0.233 e. The molecule has 28 heavy (non-hydrogen) atoms. The number of rotatable bonds is 6. The molecule has 5 heteroatoms. The first kappa shape index (κ1) is 18.8. The molecule has 2 heterocycles. The maximum atomic E-state index is 13.9. The molecule has 1 aromatic carbocycles. The van der Waals surface area contributed by atoms with Gasteiger partial charge in [-0.15, -0.1) is 0 Å². The fourth-order valence-corrected chi connectivity index (χ4v) is 4.28. The Morgan fingerprint density at radius 1 is 1.04 bits per heavy atom. The zero-order chi connectivity index (χ0) is 19.4. The minimum absolute atomic E-state index is 0.134. The lowest BCUT2D eigenvalue weighted by atomic mass is 9.77. The minimum Gasteiger partial charge on any atom is -0.467 e. The van der Waals surface area contributed by atoms with Gasteiger partial charge in [-0.2, -0.15) is 0 Å². The van der Waals surface area contributed by atoms with Crippen molar-refractivity contribution in [3.8, 4) is 0 Å². The van der Waals surface area contributed by atoms with E-state index in [1.807, 2.05) is 59.5 Å². The first-order valence-corrected chi connectivity index (χ1v) is 10.0. The highest BCUT2D eigenvalue weighted by molar-refractivity contribution is 6.30. The van der Waals surface area contributed by atoms with Crippen LogP contribution in [0.4, 0.5) is 0 Å². The van der Waals surface area contributed by atoms with Crippen molar-refractivity contribution in [2.45, 2.75) is 44.2 Å². The number of nitrogens with zero attached hydrogens (tertiary/aromatic N) is 2. The number of carbonyl (C=O) groups excluding carboxylic acids is 1. The summed E-state index contributed by atoms with van der Waals surface area (Å²) >= 11 is 6.09. The highest BCUT2D eigenvalue weighted by Crippen LogP contribution is 2.43. The summed E-state index contributed by atoms with van der Waals surface area (Å²) in [6.07, 6.45) is 7.20. The summed E-state index contributed by atoms with van der Waals surface area (Å²) in [7, 11) is 0. The van der Waals surface area contributed by atoms with Crippen molar-refractivity contribution in [1.29, 1.82) is 0 Å². The van der Waals surface area contributed by atoms with Gasteiger partial charge in [0.05, 0.1) is 30.5 Å². The third-order valence-electron chi connectivity index (χ3n) is 5.56.